The molecule has 0 amide bonds. The molecule has 3 unspecified atom stereocenters. The van der Waals surface area contributed by atoms with E-state index in [-0.39, 0.29) is 0 Å². The summed E-state index contributed by atoms with van der Waals surface area (Å²) in [6.45, 7) is 0.460. The van der Waals surface area contributed by atoms with Gasteiger partial charge in [0.15, 0.2) is 0 Å². The Bertz CT molecular complexity index is 213. The lowest BCUT2D eigenvalue weighted by Crippen LogP contribution is -2.67. The molecule has 3 aliphatic carbocycles. The Morgan fingerprint density at radius 1 is 1.08 bits per heavy atom. The molecule has 3 saturated carbocycles. The van der Waals surface area contributed by atoms with Crippen LogP contribution in [0.5, 0.6) is 0 Å². The number of aliphatic hydroxyl groups is 1. The van der Waals surface area contributed by atoms with Crippen LogP contribution in [0.2, 0.25) is 0 Å². The lowest BCUT2D eigenvalue weighted by atomic mass is 9.30. The minimum absolute atomic E-state index is 0.460. The maximum absolute atomic E-state index is 9.24. The summed E-state index contributed by atoms with van der Waals surface area (Å²) in [5, 5.41) is 9.24. The Morgan fingerprint density at radius 3 is 2.50 bits per heavy atom. The highest BCUT2D eigenvalue weighted by molar-refractivity contribution is 5.19. The van der Waals surface area contributed by atoms with Crippen molar-refractivity contribution in [1.82, 2.24) is 0 Å². The molecule has 1 N–H and O–H groups in total. The van der Waals surface area contributed by atoms with Crippen LogP contribution in [0, 0.1) is 16.7 Å². The zero-order valence-corrected chi connectivity index (χ0v) is 7.68. The summed E-state index contributed by atoms with van der Waals surface area (Å²) in [5.41, 5.74) is 1.40. The van der Waals surface area contributed by atoms with Gasteiger partial charge in [0.2, 0.25) is 0 Å². The summed E-state index contributed by atoms with van der Waals surface area (Å²) in [4.78, 5) is 0. The predicted octanol–water partition coefficient (Wildman–Crippen LogP) is 2.34. The van der Waals surface area contributed by atoms with E-state index in [0.717, 1.165) is 5.41 Å². The molecule has 0 spiro atoms. The van der Waals surface area contributed by atoms with Gasteiger partial charge in [0.1, 0.15) is 0 Å². The van der Waals surface area contributed by atoms with Gasteiger partial charge in [0.25, 0.3) is 0 Å². The Labute approximate surface area is 74.2 Å². The molecule has 3 fully saturated rings. The van der Waals surface area contributed by atoms with E-state index in [1.54, 1.807) is 0 Å². The SMILES string of the molecule is OCC1CC23CCCCC12CC3. The van der Waals surface area contributed by atoms with Crippen LogP contribution in [0.4, 0.5) is 0 Å². The van der Waals surface area contributed by atoms with Crippen LogP contribution in [0.1, 0.15) is 44.9 Å². The number of hydrogen-bond acceptors (Lipinski definition) is 1. The van der Waals surface area contributed by atoms with Gasteiger partial charge in [-0.1, -0.05) is 12.8 Å². The van der Waals surface area contributed by atoms with E-state index < -0.39 is 0 Å². The Balaban J connectivity index is 1.88. The molecule has 12 heavy (non-hydrogen) atoms. The maximum Gasteiger partial charge on any atom is 0.0464 e. The Morgan fingerprint density at radius 2 is 1.92 bits per heavy atom. The Kier molecular flexibility index (Phi) is 1.27. The number of hydrogen-bond donors (Lipinski definition) is 1. The molecule has 1 nitrogen and oxygen atoms in total. The van der Waals surface area contributed by atoms with E-state index in [1.807, 2.05) is 0 Å². The van der Waals surface area contributed by atoms with Crippen molar-refractivity contribution in [3.8, 4) is 0 Å². The third kappa shape index (κ3) is 0.555. The third-order valence-corrected chi connectivity index (χ3v) is 5.27. The molecule has 3 aliphatic rings. The van der Waals surface area contributed by atoms with Crippen LogP contribution in [0.15, 0.2) is 0 Å². The fourth-order valence-corrected chi connectivity index (χ4v) is 4.49. The number of rotatable bonds is 1. The van der Waals surface area contributed by atoms with Gasteiger partial charge < -0.3 is 5.11 Å². The van der Waals surface area contributed by atoms with Gasteiger partial charge in [-0.2, -0.15) is 0 Å². The molecule has 0 aromatic rings. The highest BCUT2D eigenvalue weighted by Crippen LogP contribution is 2.78. The maximum atomic E-state index is 9.24. The van der Waals surface area contributed by atoms with E-state index in [9.17, 15) is 5.11 Å². The van der Waals surface area contributed by atoms with E-state index in [1.165, 1.54) is 44.9 Å². The molecule has 0 heterocycles. The van der Waals surface area contributed by atoms with E-state index in [2.05, 4.69) is 0 Å². The van der Waals surface area contributed by atoms with Gasteiger partial charge in [0, 0.05) is 6.61 Å². The average Bonchev–Trinajstić information content (AvgIpc) is 2.03. The van der Waals surface area contributed by atoms with Crippen LogP contribution in [-0.2, 0) is 0 Å². The molecule has 0 aromatic carbocycles. The average molecular weight is 166 g/mol. The summed E-state index contributed by atoms with van der Waals surface area (Å²) in [5.74, 6) is 0.687. The van der Waals surface area contributed by atoms with Crippen molar-refractivity contribution in [2.24, 2.45) is 16.7 Å². The van der Waals surface area contributed by atoms with Gasteiger partial charge in [0.05, 0.1) is 0 Å². The molecule has 68 valence electrons. The zero-order chi connectivity index (χ0) is 8.23. The third-order valence-electron chi connectivity index (χ3n) is 5.27. The second kappa shape index (κ2) is 2.06. The van der Waals surface area contributed by atoms with Crippen LogP contribution >= 0.6 is 0 Å². The minimum atomic E-state index is 0.460. The second-order valence-corrected chi connectivity index (χ2v) is 5.23. The second-order valence-electron chi connectivity index (χ2n) is 5.23. The topological polar surface area (TPSA) is 20.2 Å². The zero-order valence-electron chi connectivity index (χ0n) is 7.68. The van der Waals surface area contributed by atoms with E-state index in [4.69, 9.17) is 0 Å². The lowest BCUT2D eigenvalue weighted by molar-refractivity contribution is -0.264. The van der Waals surface area contributed by atoms with Gasteiger partial charge in [-0.3, -0.25) is 0 Å². The van der Waals surface area contributed by atoms with Crippen molar-refractivity contribution in [3.05, 3.63) is 0 Å². The summed E-state index contributed by atoms with van der Waals surface area (Å²) < 4.78 is 0. The van der Waals surface area contributed by atoms with Crippen molar-refractivity contribution < 1.29 is 5.11 Å². The van der Waals surface area contributed by atoms with Crippen molar-refractivity contribution >= 4 is 0 Å². The summed E-state index contributed by atoms with van der Waals surface area (Å²) >= 11 is 0. The van der Waals surface area contributed by atoms with Gasteiger partial charge >= 0.3 is 0 Å². The van der Waals surface area contributed by atoms with E-state index in [0.29, 0.717) is 17.9 Å². The van der Waals surface area contributed by atoms with Crippen LogP contribution in [0.3, 0.4) is 0 Å². The highest BCUT2D eigenvalue weighted by Gasteiger charge is 2.70. The Hall–Kier alpha value is -0.0400. The monoisotopic (exact) mass is 166 g/mol. The summed E-state index contributed by atoms with van der Waals surface area (Å²) in [6.07, 6.45) is 10.0. The summed E-state index contributed by atoms with van der Waals surface area (Å²) in [6, 6.07) is 0. The van der Waals surface area contributed by atoms with Crippen molar-refractivity contribution in [3.63, 3.8) is 0 Å². The first-order valence-corrected chi connectivity index (χ1v) is 5.44. The van der Waals surface area contributed by atoms with Gasteiger partial charge in [-0.15, -0.1) is 0 Å². The number of aliphatic hydroxyl groups excluding tert-OH is 1. The largest absolute Gasteiger partial charge is 0.396 e. The van der Waals surface area contributed by atoms with Gasteiger partial charge in [-0.05, 0) is 48.9 Å². The van der Waals surface area contributed by atoms with E-state index >= 15 is 0 Å². The highest BCUT2D eigenvalue weighted by atomic mass is 16.3. The molecule has 3 rings (SSSR count). The molecular weight excluding hydrogens is 148 g/mol. The van der Waals surface area contributed by atoms with Crippen molar-refractivity contribution in [2.45, 2.75) is 44.9 Å². The quantitative estimate of drug-likeness (QED) is 0.634. The fraction of sp³-hybridized carbons (Fsp3) is 1.00. The summed E-state index contributed by atoms with van der Waals surface area (Å²) in [7, 11) is 0. The first kappa shape index (κ1) is 7.37. The molecule has 0 radical (unpaired) electrons. The first-order valence-electron chi connectivity index (χ1n) is 5.44. The lowest BCUT2D eigenvalue weighted by Gasteiger charge is -2.75. The van der Waals surface area contributed by atoms with Crippen molar-refractivity contribution in [1.29, 1.82) is 0 Å². The molecule has 0 aliphatic heterocycles. The van der Waals surface area contributed by atoms with Crippen LogP contribution in [-0.4, -0.2) is 11.7 Å². The van der Waals surface area contributed by atoms with Crippen molar-refractivity contribution in [2.75, 3.05) is 6.61 Å². The predicted molar refractivity (Wildman–Crippen MR) is 47.8 cm³/mol. The molecule has 0 bridgehead atoms. The van der Waals surface area contributed by atoms with Gasteiger partial charge in [-0.25, -0.2) is 0 Å². The molecule has 1 heteroatoms. The fourth-order valence-electron chi connectivity index (χ4n) is 4.49. The smallest absolute Gasteiger partial charge is 0.0464 e. The molecule has 3 atom stereocenters. The minimum Gasteiger partial charge on any atom is -0.396 e. The molecule has 0 aromatic heterocycles. The van der Waals surface area contributed by atoms with Crippen LogP contribution in [0.25, 0.3) is 0 Å². The van der Waals surface area contributed by atoms with Crippen LogP contribution < -0.4 is 0 Å². The normalized spacial score (nSPS) is 56.2. The molecular formula is C11H18O. The molecule has 0 saturated heterocycles. The first-order chi connectivity index (χ1) is 5.83. The standard InChI is InChI=1S/C11H18O/c12-8-9-7-10-3-1-2-4-11(9,10)6-5-10/h9,12H,1-8H2.